The Hall–Kier alpha value is -1.18. The zero-order chi connectivity index (χ0) is 16.4. The van der Waals surface area contributed by atoms with Gasteiger partial charge in [-0.05, 0) is 38.3 Å². The number of aliphatic hydroxyl groups excluding tert-OH is 1. The van der Waals surface area contributed by atoms with Crippen molar-refractivity contribution in [2.75, 3.05) is 6.61 Å². The monoisotopic (exact) mass is 380 g/mol. The third-order valence-electron chi connectivity index (χ3n) is 3.15. The topological polar surface area (TPSA) is 29.5 Å². The minimum Gasteiger partial charge on any atom is -0.384 e. The number of hydrogen-bond acceptors (Lipinski definition) is 2. The van der Waals surface area contributed by atoms with Crippen LogP contribution in [0.5, 0.6) is 0 Å². The van der Waals surface area contributed by atoms with Gasteiger partial charge in [0.15, 0.2) is 0 Å². The Morgan fingerprint density at radius 2 is 1.68 bits per heavy atom. The van der Waals surface area contributed by atoms with Crippen LogP contribution in [0.25, 0.3) is 10.8 Å². The van der Waals surface area contributed by atoms with Crippen molar-refractivity contribution in [2.45, 2.75) is 23.5 Å². The second kappa shape index (κ2) is 6.52. The van der Waals surface area contributed by atoms with Gasteiger partial charge in [0, 0.05) is 0 Å². The molecule has 2 nitrogen and oxygen atoms in total. The highest BCUT2D eigenvalue weighted by molar-refractivity contribution is 9.10. The molecule has 0 aliphatic heterocycles. The molecule has 0 saturated carbocycles. The van der Waals surface area contributed by atoms with Crippen molar-refractivity contribution in [3.8, 4) is 0 Å². The Bertz CT molecular complexity index is 643. The molecule has 0 unspecified atom stereocenters. The Kier molecular flexibility index (Phi) is 5.09. The first kappa shape index (κ1) is 17.2. The normalized spacial score (nSPS) is 14.3. The molecule has 0 fully saturated rings. The van der Waals surface area contributed by atoms with Crippen molar-refractivity contribution >= 4 is 26.7 Å². The number of ether oxygens (including phenoxy) is 1. The summed E-state index contributed by atoms with van der Waals surface area (Å²) in [6.07, 6.45) is -2.61. The van der Waals surface area contributed by atoms with Gasteiger partial charge in [-0.25, -0.2) is 0 Å². The summed E-state index contributed by atoms with van der Waals surface area (Å²) in [5.41, 5.74) is 0.694. The average Bonchev–Trinajstić information content (AvgIpc) is 2.45. The first-order valence-electron chi connectivity index (χ1n) is 6.40. The van der Waals surface area contributed by atoms with E-state index < -0.39 is 23.5 Å². The molecular weight excluding hydrogens is 368 g/mol. The van der Waals surface area contributed by atoms with E-state index in [1.807, 2.05) is 30.3 Å². The van der Waals surface area contributed by atoms with Gasteiger partial charge in [0.05, 0.1) is 13.2 Å². The minimum absolute atomic E-state index is 0.0637. The Labute approximate surface area is 132 Å². The summed E-state index contributed by atoms with van der Waals surface area (Å²) in [4.78, 5) is -4.49. The van der Waals surface area contributed by atoms with Gasteiger partial charge in [0.1, 0.15) is 6.10 Å². The van der Waals surface area contributed by atoms with Crippen LogP contribution in [0.3, 0.4) is 0 Å². The van der Waals surface area contributed by atoms with E-state index in [1.165, 1.54) is 0 Å². The Balaban J connectivity index is 1.95. The summed E-state index contributed by atoms with van der Waals surface area (Å²) in [5.74, 6) is -4.61. The number of benzene rings is 2. The van der Waals surface area contributed by atoms with Crippen molar-refractivity contribution in [1.29, 1.82) is 0 Å². The molecule has 2 aromatic carbocycles. The van der Waals surface area contributed by atoms with Gasteiger partial charge in [-0.15, -0.1) is 0 Å². The molecule has 2 aromatic rings. The van der Waals surface area contributed by atoms with Gasteiger partial charge in [-0.3, -0.25) is 0 Å². The molecule has 1 atom stereocenters. The molecular formula is C15H13BrF4O2. The zero-order valence-electron chi connectivity index (χ0n) is 11.3. The lowest BCUT2D eigenvalue weighted by atomic mass is 10.1. The second-order valence-electron chi connectivity index (χ2n) is 4.83. The molecule has 0 radical (unpaired) electrons. The summed E-state index contributed by atoms with van der Waals surface area (Å²) in [7, 11) is 0. The third-order valence-corrected chi connectivity index (χ3v) is 3.68. The van der Waals surface area contributed by atoms with Crippen LogP contribution in [0.1, 0.15) is 5.56 Å². The maximum absolute atomic E-state index is 13.1. The fourth-order valence-corrected chi connectivity index (χ4v) is 2.17. The van der Waals surface area contributed by atoms with Crippen LogP contribution in [-0.4, -0.2) is 28.6 Å². The molecule has 0 aromatic heterocycles. The van der Waals surface area contributed by atoms with E-state index in [1.54, 1.807) is 28.1 Å². The summed E-state index contributed by atoms with van der Waals surface area (Å²) in [5, 5.41) is 11.1. The quantitative estimate of drug-likeness (QED) is 0.596. The number of alkyl halides is 5. The number of aliphatic hydroxyl groups is 1. The van der Waals surface area contributed by atoms with Crippen LogP contribution in [0, 0.1) is 0 Å². The number of fused-ring (bicyclic) bond motifs is 1. The molecule has 1 N–H and O–H groups in total. The van der Waals surface area contributed by atoms with Gasteiger partial charge >= 0.3 is 10.8 Å². The number of rotatable bonds is 6. The zero-order valence-corrected chi connectivity index (χ0v) is 12.9. The van der Waals surface area contributed by atoms with Crippen LogP contribution in [-0.2, 0) is 11.3 Å². The summed E-state index contributed by atoms with van der Waals surface area (Å²) < 4.78 is 56.4. The van der Waals surface area contributed by atoms with Crippen molar-refractivity contribution < 1.29 is 27.4 Å². The summed E-state index contributed by atoms with van der Waals surface area (Å²) in [6, 6.07) is 12.9. The highest BCUT2D eigenvalue weighted by Gasteiger charge is 2.59. The maximum atomic E-state index is 13.1. The van der Waals surface area contributed by atoms with Crippen molar-refractivity contribution in [3.05, 3.63) is 48.0 Å². The summed E-state index contributed by atoms with van der Waals surface area (Å²) in [6.45, 7) is -0.965. The van der Waals surface area contributed by atoms with Gasteiger partial charge in [-0.1, -0.05) is 36.4 Å². The minimum atomic E-state index is -4.61. The standard InChI is InChI=1S/C15H13BrF4O2/c16-15(19,20)14(17,18)13(21)9-22-8-10-5-6-11-3-1-2-4-12(11)7-10/h1-7,13,21H,8-9H2/t13-/m1/s1. The highest BCUT2D eigenvalue weighted by Crippen LogP contribution is 2.41. The van der Waals surface area contributed by atoms with Crippen molar-refractivity contribution in [2.24, 2.45) is 0 Å². The second-order valence-corrected chi connectivity index (χ2v) is 5.83. The predicted molar refractivity (Wildman–Crippen MR) is 78.4 cm³/mol. The molecule has 0 bridgehead atoms. The van der Waals surface area contributed by atoms with E-state index in [2.05, 4.69) is 0 Å². The molecule has 0 aliphatic rings. The molecule has 7 heteroatoms. The first-order chi connectivity index (χ1) is 10.2. The third kappa shape index (κ3) is 3.77. The van der Waals surface area contributed by atoms with Crippen LogP contribution >= 0.6 is 15.9 Å². The lowest BCUT2D eigenvalue weighted by Gasteiger charge is -2.26. The predicted octanol–water partition coefficient (Wildman–Crippen LogP) is 4.34. The largest absolute Gasteiger partial charge is 0.384 e. The molecule has 0 amide bonds. The van der Waals surface area contributed by atoms with Gasteiger partial charge < -0.3 is 9.84 Å². The van der Waals surface area contributed by atoms with Gasteiger partial charge in [0.2, 0.25) is 0 Å². The molecule has 0 spiro atoms. The van der Waals surface area contributed by atoms with E-state index in [0.29, 0.717) is 5.56 Å². The van der Waals surface area contributed by atoms with Crippen LogP contribution < -0.4 is 0 Å². The average molecular weight is 381 g/mol. The molecule has 0 saturated heterocycles. The van der Waals surface area contributed by atoms with Crippen LogP contribution in [0.15, 0.2) is 42.5 Å². The fraction of sp³-hybridized carbons (Fsp3) is 0.333. The smallest absolute Gasteiger partial charge is 0.366 e. The first-order valence-corrected chi connectivity index (χ1v) is 7.19. The lowest BCUT2D eigenvalue weighted by Crippen LogP contribution is -2.48. The Morgan fingerprint density at radius 3 is 2.32 bits per heavy atom. The lowest BCUT2D eigenvalue weighted by molar-refractivity contribution is -0.217. The van der Waals surface area contributed by atoms with E-state index in [0.717, 1.165) is 10.8 Å². The van der Waals surface area contributed by atoms with E-state index in [-0.39, 0.29) is 6.61 Å². The maximum Gasteiger partial charge on any atom is 0.366 e. The molecule has 120 valence electrons. The van der Waals surface area contributed by atoms with Crippen LogP contribution in [0.4, 0.5) is 17.6 Å². The SMILES string of the molecule is O[C@H](COCc1ccc2ccccc2c1)C(F)(F)C(F)(F)Br. The van der Waals surface area contributed by atoms with Crippen molar-refractivity contribution in [1.82, 2.24) is 0 Å². The van der Waals surface area contributed by atoms with Crippen LogP contribution in [0.2, 0.25) is 0 Å². The molecule has 22 heavy (non-hydrogen) atoms. The van der Waals surface area contributed by atoms with E-state index >= 15 is 0 Å². The van der Waals surface area contributed by atoms with Gasteiger partial charge in [-0.2, -0.15) is 17.6 Å². The van der Waals surface area contributed by atoms with Gasteiger partial charge in [0.25, 0.3) is 0 Å². The number of hydrogen-bond donors (Lipinski definition) is 1. The molecule has 0 heterocycles. The highest BCUT2D eigenvalue weighted by atomic mass is 79.9. The van der Waals surface area contributed by atoms with E-state index in [9.17, 15) is 22.7 Å². The summed E-state index contributed by atoms with van der Waals surface area (Å²) >= 11 is 1.57. The molecule has 2 rings (SSSR count). The Morgan fingerprint density at radius 1 is 1.05 bits per heavy atom. The van der Waals surface area contributed by atoms with Crippen molar-refractivity contribution in [3.63, 3.8) is 0 Å². The fourth-order valence-electron chi connectivity index (χ4n) is 1.91. The van der Waals surface area contributed by atoms with E-state index in [4.69, 9.17) is 4.74 Å². The molecule has 0 aliphatic carbocycles. The number of halogens is 5.